The zero-order chi connectivity index (χ0) is 17.9. The first-order valence-corrected chi connectivity index (χ1v) is 9.43. The third kappa shape index (κ3) is 4.80. The maximum atomic E-state index is 12.3. The molecule has 2 aromatic rings. The Morgan fingerprint density at radius 1 is 0.958 bits per heavy atom. The predicted molar refractivity (Wildman–Crippen MR) is 98.9 cm³/mol. The fraction of sp³-hybridized carbons (Fsp3) is 0.211. The second-order valence-corrected chi connectivity index (χ2v) is 7.69. The predicted octanol–water partition coefficient (Wildman–Crippen LogP) is 3.88. The van der Waals surface area contributed by atoms with Crippen LogP contribution >= 0.6 is 0 Å². The monoisotopic (exact) mass is 343 g/mol. The summed E-state index contributed by atoms with van der Waals surface area (Å²) in [6.45, 7) is 6.12. The van der Waals surface area contributed by atoms with Crippen LogP contribution in [0.5, 0.6) is 0 Å². The average Bonchev–Trinajstić information content (AvgIpc) is 2.48. The van der Waals surface area contributed by atoms with E-state index in [1.165, 1.54) is 17.2 Å². The zero-order valence-electron chi connectivity index (χ0n) is 14.3. The van der Waals surface area contributed by atoms with Gasteiger partial charge >= 0.3 is 0 Å². The second-order valence-electron chi connectivity index (χ2n) is 5.94. The Labute approximate surface area is 143 Å². The minimum absolute atomic E-state index is 0.126. The summed E-state index contributed by atoms with van der Waals surface area (Å²) in [5.41, 5.74) is 5.49. The van der Waals surface area contributed by atoms with Crippen LogP contribution in [0.3, 0.4) is 0 Å². The topological polar surface area (TPSA) is 63.2 Å². The first kappa shape index (κ1) is 17.9. The molecule has 0 heterocycles. The molecule has 0 aliphatic heterocycles. The van der Waals surface area contributed by atoms with Crippen molar-refractivity contribution in [3.05, 3.63) is 70.3 Å². The van der Waals surface area contributed by atoms with Crippen LogP contribution in [-0.4, -0.2) is 20.5 Å². The minimum Gasteiger partial charge on any atom is -0.289 e. The quantitative estimate of drug-likeness (QED) is 0.662. The first-order valence-electron chi connectivity index (χ1n) is 7.54. The van der Waals surface area contributed by atoms with Crippen molar-refractivity contribution < 1.29 is 13.2 Å². The SMILES string of the molecule is Cc1cc(C)c(/C=C/C(=O)c2ccc(NS(C)(=O)=O)cc2)cc1C. The third-order valence-electron chi connectivity index (χ3n) is 3.77. The number of carbonyl (C=O) groups excluding carboxylic acids is 1. The number of hydrogen-bond donors (Lipinski definition) is 1. The summed E-state index contributed by atoms with van der Waals surface area (Å²) in [6.07, 6.45) is 4.43. The molecule has 24 heavy (non-hydrogen) atoms. The largest absolute Gasteiger partial charge is 0.289 e. The van der Waals surface area contributed by atoms with Crippen LogP contribution in [-0.2, 0) is 10.0 Å². The summed E-state index contributed by atoms with van der Waals surface area (Å²) in [6, 6.07) is 10.5. The molecule has 0 amide bonds. The lowest BCUT2D eigenvalue weighted by molar-refractivity contribution is 0.104. The van der Waals surface area contributed by atoms with E-state index in [0.717, 1.165) is 17.4 Å². The minimum atomic E-state index is -3.32. The van der Waals surface area contributed by atoms with Crippen LogP contribution in [0.15, 0.2) is 42.5 Å². The average molecular weight is 343 g/mol. The van der Waals surface area contributed by atoms with Gasteiger partial charge in [-0.1, -0.05) is 18.2 Å². The van der Waals surface area contributed by atoms with Gasteiger partial charge in [0.1, 0.15) is 0 Å². The summed E-state index contributed by atoms with van der Waals surface area (Å²) in [7, 11) is -3.32. The normalized spacial score (nSPS) is 11.7. The van der Waals surface area contributed by atoms with Gasteiger partial charge in [-0.05, 0) is 73.4 Å². The lowest BCUT2D eigenvalue weighted by Gasteiger charge is -2.06. The van der Waals surface area contributed by atoms with Gasteiger partial charge in [0.05, 0.1) is 6.26 Å². The lowest BCUT2D eigenvalue weighted by Crippen LogP contribution is -2.09. The highest BCUT2D eigenvalue weighted by Crippen LogP contribution is 2.17. The molecule has 0 radical (unpaired) electrons. The van der Waals surface area contributed by atoms with Gasteiger partial charge in [0.15, 0.2) is 5.78 Å². The summed E-state index contributed by atoms with van der Waals surface area (Å²) >= 11 is 0. The van der Waals surface area contributed by atoms with E-state index < -0.39 is 10.0 Å². The van der Waals surface area contributed by atoms with Crippen LogP contribution in [0.4, 0.5) is 5.69 Å². The summed E-state index contributed by atoms with van der Waals surface area (Å²) in [5.74, 6) is -0.126. The van der Waals surface area contributed by atoms with Gasteiger partial charge in [0.25, 0.3) is 0 Å². The van der Waals surface area contributed by atoms with E-state index in [0.29, 0.717) is 11.3 Å². The first-order chi connectivity index (χ1) is 11.2. The van der Waals surface area contributed by atoms with Gasteiger partial charge in [-0.25, -0.2) is 8.42 Å². The standard InChI is InChI=1S/C19H21NO3S/c1-13-11-15(3)17(12-14(13)2)7-10-19(21)16-5-8-18(9-6-16)20-24(4,22)23/h5-12,20H,1-4H3/b10-7+. The number of hydrogen-bond acceptors (Lipinski definition) is 3. The Hall–Kier alpha value is -2.40. The van der Waals surface area contributed by atoms with Gasteiger partial charge < -0.3 is 0 Å². The van der Waals surface area contributed by atoms with E-state index >= 15 is 0 Å². The van der Waals surface area contributed by atoms with Gasteiger partial charge in [-0.2, -0.15) is 0 Å². The maximum absolute atomic E-state index is 12.3. The molecule has 0 aliphatic carbocycles. The molecule has 0 bridgehead atoms. The van der Waals surface area contributed by atoms with Crippen LogP contribution < -0.4 is 4.72 Å². The van der Waals surface area contributed by atoms with Crippen molar-refractivity contribution in [3.63, 3.8) is 0 Å². The Bertz CT molecular complexity index is 895. The molecule has 126 valence electrons. The van der Waals surface area contributed by atoms with Crippen molar-refractivity contribution in [1.82, 2.24) is 0 Å². The second kappa shape index (κ2) is 7.01. The molecule has 1 N–H and O–H groups in total. The van der Waals surface area contributed by atoms with Crippen molar-refractivity contribution in [2.45, 2.75) is 20.8 Å². The highest BCUT2D eigenvalue weighted by molar-refractivity contribution is 7.92. The molecule has 0 aromatic heterocycles. The molecule has 0 saturated heterocycles. The molecule has 0 spiro atoms. The van der Waals surface area contributed by atoms with E-state index in [1.54, 1.807) is 24.3 Å². The molecule has 2 rings (SSSR count). The number of carbonyl (C=O) groups is 1. The zero-order valence-corrected chi connectivity index (χ0v) is 15.1. The Kier molecular flexibility index (Phi) is 5.24. The van der Waals surface area contributed by atoms with Gasteiger partial charge in [-0.3, -0.25) is 9.52 Å². The number of nitrogens with one attached hydrogen (secondary N) is 1. The fourth-order valence-electron chi connectivity index (χ4n) is 2.34. The lowest BCUT2D eigenvalue weighted by atomic mass is 10.00. The fourth-order valence-corrected chi connectivity index (χ4v) is 2.90. The van der Waals surface area contributed by atoms with Gasteiger partial charge in [0.2, 0.25) is 10.0 Å². The highest BCUT2D eigenvalue weighted by atomic mass is 32.2. The summed E-state index contributed by atoms with van der Waals surface area (Å²) in [4.78, 5) is 12.3. The van der Waals surface area contributed by atoms with E-state index in [4.69, 9.17) is 0 Å². The Morgan fingerprint density at radius 2 is 1.54 bits per heavy atom. The molecule has 5 heteroatoms. The van der Waals surface area contributed by atoms with Crippen molar-refractivity contribution >= 4 is 27.6 Å². The van der Waals surface area contributed by atoms with E-state index in [1.807, 2.05) is 19.9 Å². The van der Waals surface area contributed by atoms with E-state index in [-0.39, 0.29) is 5.78 Å². The van der Waals surface area contributed by atoms with Gasteiger partial charge in [0, 0.05) is 11.3 Å². The molecule has 0 unspecified atom stereocenters. The van der Waals surface area contributed by atoms with Crippen LogP contribution in [0, 0.1) is 20.8 Å². The number of sulfonamides is 1. The third-order valence-corrected chi connectivity index (χ3v) is 4.38. The Morgan fingerprint density at radius 3 is 2.12 bits per heavy atom. The number of benzene rings is 2. The number of anilines is 1. The number of allylic oxidation sites excluding steroid dienone is 1. The number of rotatable bonds is 5. The van der Waals surface area contributed by atoms with Gasteiger partial charge in [-0.15, -0.1) is 0 Å². The van der Waals surface area contributed by atoms with Crippen LogP contribution in [0.2, 0.25) is 0 Å². The molecular formula is C19H21NO3S. The van der Waals surface area contributed by atoms with E-state index in [2.05, 4.69) is 23.8 Å². The molecule has 0 fully saturated rings. The summed E-state index contributed by atoms with van der Waals surface area (Å²) in [5, 5.41) is 0. The van der Waals surface area contributed by atoms with Crippen molar-refractivity contribution in [3.8, 4) is 0 Å². The maximum Gasteiger partial charge on any atom is 0.229 e. The van der Waals surface area contributed by atoms with Crippen molar-refractivity contribution in [1.29, 1.82) is 0 Å². The van der Waals surface area contributed by atoms with Crippen LogP contribution in [0.1, 0.15) is 32.6 Å². The summed E-state index contributed by atoms with van der Waals surface area (Å²) < 4.78 is 24.7. The van der Waals surface area contributed by atoms with Crippen molar-refractivity contribution in [2.24, 2.45) is 0 Å². The van der Waals surface area contributed by atoms with Crippen LogP contribution in [0.25, 0.3) is 6.08 Å². The smallest absolute Gasteiger partial charge is 0.229 e. The highest BCUT2D eigenvalue weighted by Gasteiger charge is 2.05. The molecular weight excluding hydrogens is 322 g/mol. The molecule has 2 aromatic carbocycles. The molecule has 4 nitrogen and oxygen atoms in total. The number of aryl methyl sites for hydroxylation is 3. The molecule has 0 aliphatic rings. The van der Waals surface area contributed by atoms with Crippen molar-refractivity contribution in [2.75, 3.05) is 11.0 Å². The molecule has 0 saturated carbocycles. The number of ketones is 1. The van der Waals surface area contributed by atoms with E-state index in [9.17, 15) is 13.2 Å². The Balaban J connectivity index is 2.16. The molecule has 0 atom stereocenters.